The fourth-order valence-electron chi connectivity index (χ4n) is 1.62. The molecular formula is C13H16Br2N2O3. The van der Waals surface area contributed by atoms with Gasteiger partial charge in [-0.15, -0.1) is 0 Å². The van der Waals surface area contributed by atoms with Gasteiger partial charge in [0.25, 0.3) is 0 Å². The Bertz CT molecular complexity index is 509. The van der Waals surface area contributed by atoms with Gasteiger partial charge in [-0.2, -0.15) is 0 Å². The molecule has 1 atom stereocenters. The highest BCUT2D eigenvalue weighted by Crippen LogP contribution is 2.32. The van der Waals surface area contributed by atoms with Crippen molar-refractivity contribution < 1.29 is 14.7 Å². The monoisotopic (exact) mass is 406 g/mol. The van der Waals surface area contributed by atoms with Crippen molar-refractivity contribution in [2.75, 3.05) is 5.32 Å². The maximum Gasteiger partial charge on any atom is 0.326 e. The molecule has 0 spiro atoms. The summed E-state index contributed by atoms with van der Waals surface area (Å²) in [5.74, 6) is -1.26. The third kappa shape index (κ3) is 4.49. The summed E-state index contributed by atoms with van der Waals surface area (Å²) in [7, 11) is 0. The molecule has 2 amide bonds. The third-order valence-electron chi connectivity index (χ3n) is 2.64. The van der Waals surface area contributed by atoms with E-state index >= 15 is 0 Å². The van der Waals surface area contributed by atoms with Crippen LogP contribution in [0.5, 0.6) is 0 Å². The number of carbonyl (C=O) groups excluding carboxylic acids is 1. The molecule has 0 bridgehead atoms. The summed E-state index contributed by atoms with van der Waals surface area (Å²) in [6, 6.07) is 2.23. The highest BCUT2D eigenvalue weighted by atomic mass is 79.9. The van der Waals surface area contributed by atoms with Crippen LogP contribution in [0.1, 0.15) is 19.4 Å². The number of amides is 2. The zero-order valence-electron chi connectivity index (χ0n) is 11.3. The lowest BCUT2D eigenvalue weighted by Crippen LogP contribution is -2.46. The minimum absolute atomic E-state index is 0.205. The van der Waals surface area contributed by atoms with Crippen LogP contribution in [0.25, 0.3) is 0 Å². The highest BCUT2D eigenvalue weighted by molar-refractivity contribution is 9.11. The van der Waals surface area contributed by atoms with E-state index in [1.54, 1.807) is 13.8 Å². The van der Waals surface area contributed by atoms with Gasteiger partial charge in [-0.25, -0.2) is 9.59 Å². The lowest BCUT2D eigenvalue weighted by atomic mass is 10.1. The summed E-state index contributed by atoms with van der Waals surface area (Å²) in [4.78, 5) is 22.9. The zero-order chi connectivity index (χ0) is 15.4. The molecule has 3 N–H and O–H groups in total. The molecule has 0 aliphatic carbocycles. The van der Waals surface area contributed by atoms with E-state index in [9.17, 15) is 9.59 Å². The summed E-state index contributed by atoms with van der Waals surface area (Å²) in [5.41, 5.74) is 1.58. The molecule has 110 valence electrons. The Kier molecular flexibility index (Phi) is 6.01. The number of nitrogens with one attached hydrogen (secondary N) is 2. The number of halogens is 2. The molecule has 0 saturated heterocycles. The molecular weight excluding hydrogens is 392 g/mol. The molecule has 1 unspecified atom stereocenters. The maximum atomic E-state index is 11.9. The largest absolute Gasteiger partial charge is 0.480 e. The lowest BCUT2D eigenvalue weighted by Gasteiger charge is -2.19. The molecule has 0 aliphatic rings. The first kappa shape index (κ1) is 17.0. The number of hydrogen-bond acceptors (Lipinski definition) is 2. The summed E-state index contributed by atoms with van der Waals surface area (Å²) < 4.78 is 1.44. The smallest absolute Gasteiger partial charge is 0.326 e. The highest BCUT2D eigenvalue weighted by Gasteiger charge is 2.23. The van der Waals surface area contributed by atoms with Crippen LogP contribution >= 0.6 is 31.9 Å². The molecule has 0 aromatic heterocycles. The number of rotatable bonds is 4. The van der Waals surface area contributed by atoms with Gasteiger partial charge in [-0.3, -0.25) is 0 Å². The average molecular weight is 408 g/mol. The van der Waals surface area contributed by atoms with Gasteiger partial charge in [0.1, 0.15) is 6.04 Å². The van der Waals surface area contributed by atoms with Crippen molar-refractivity contribution in [2.24, 2.45) is 5.92 Å². The van der Waals surface area contributed by atoms with Crippen molar-refractivity contribution in [3.8, 4) is 0 Å². The SMILES string of the molecule is Cc1cc(Br)c(NC(=O)NC(C(=O)O)C(C)C)c(Br)c1. The first-order valence-corrected chi connectivity index (χ1v) is 7.57. The van der Waals surface area contributed by atoms with Gasteiger partial charge in [0.15, 0.2) is 0 Å². The minimum Gasteiger partial charge on any atom is -0.480 e. The molecule has 7 heteroatoms. The Labute approximate surface area is 134 Å². The van der Waals surface area contributed by atoms with E-state index in [-0.39, 0.29) is 5.92 Å². The van der Waals surface area contributed by atoms with Crippen molar-refractivity contribution in [1.82, 2.24) is 5.32 Å². The van der Waals surface area contributed by atoms with E-state index in [0.717, 1.165) is 14.5 Å². The molecule has 1 aromatic carbocycles. The van der Waals surface area contributed by atoms with Crippen LogP contribution in [0.4, 0.5) is 10.5 Å². The van der Waals surface area contributed by atoms with Crippen LogP contribution in [-0.4, -0.2) is 23.1 Å². The molecule has 0 fully saturated rings. The molecule has 20 heavy (non-hydrogen) atoms. The number of carboxylic acid groups (broad SMARTS) is 1. The Hall–Kier alpha value is -1.08. The molecule has 0 aliphatic heterocycles. The summed E-state index contributed by atoms with van der Waals surface area (Å²) in [6.07, 6.45) is 0. The molecule has 5 nitrogen and oxygen atoms in total. The van der Waals surface area contributed by atoms with Gasteiger partial charge < -0.3 is 15.7 Å². The Balaban J connectivity index is 2.84. The predicted molar refractivity (Wildman–Crippen MR) is 85.0 cm³/mol. The van der Waals surface area contributed by atoms with Crippen LogP contribution in [0.3, 0.4) is 0 Å². The van der Waals surface area contributed by atoms with E-state index in [2.05, 4.69) is 42.5 Å². The number of aryl methyl sites for hydroxylation is 1. The standard InChI is InChI=1S/C13H16Br2N2O3/c1-6(2)10(12(18)19)16-13(20)17-11-8(14)4-7(3)5-9(11)15/h4-6,10H,1-3H3,(H,18,19)(H2,16,17,20). The van der Waals surface area contributed by atoms with E-state index in [1.807, 2.05) is 19.1 Å². The van der Waals surface area contributed by atoms with Crippen LogP contribution in [0, 0.1) is 12.8 Å². The first-order valence-electron chi connectivity index (χ1n) is 5.98. The zero-order valence-corrected chi connectivity index (χ0v) is 14.5. The Morgan fingerprint density at radius 1 is 1.20 bits per heavy atom. The van der Waals surface area contributed by atoms with Gasteiger partial charge in [0.05, 0.1) is 5.69 Å². The Morgan fingerprint density at radius 3 is 2.10 bits per heavy atom. The van der Waals surface area contributed by atoms with Crippen LogP contribution in [0.2, 0.25) is 0 Å². The number of benzene rings is 1. The van der Waals surface area contributed by atoms with E-state index in [4.69, 9.17) is 5.11 Å². The summed E-state index contributed by atoms with van der Waals surface area (Å²) >= 11 is 6.72. The number of hydrogen-bond donors (Lipinski definition) is 3. The number of carboxylic acids is 1. The molecule has 1 aromatic rings. The number of carbonyl (C=O) groups is 2. The van der Waals surface area contributed by atoms with E-state index in [1.165, 1.54) is 0 Å². The van der Waals surface area contributed by atoms with Gasteiger partial charge in [0, 0.05) is 8.95 Å². The third-order valence-corrected chi connectivity index (χ3v) is 3.90. The van der Waals surface area contributed by atoms with Gasteiger partial charge in [-0.05, 0) is 62.4 Å². The van der Waals surface area contributed by atoms with Gasteiger partial charge in [0.2, 0.25) is 0 Å². The molecule has 1 rings (SSSR count). The summed E-state index contributed by atoms with van der Waals surface area (Å²) in [6.45, 7) is 5.39. The molecule has 0 saturated carbocycles. The topological polar surface area (TPSA) is 78.4 Å². The van der Waals surface area contributed by atoms with Crippen molar-refractivity contribution >= 4 is 49.5 Å². The Morgan fingerprint density at radius 2 is 1.70 bits per heavy atom. The fourth-order valence-corrected chi connectivity index (χ4v) is 3.24. The summed E-state index contributed by atoms with van der Waals surface area (Å²) in [5, 5.41) is 14.1. The lowest BCUT2D eigenvalue weighted by molar-refractivity contribution is -0.140. The predicted octanol–water partition coefficient (Wildman–Crippen LogP) is 3.75. The van der Waals surface area contributed by atoms with Crippen molar-refractivity contribution in [1.29, 1.82) is 0 Å². The second-order valence-electron chi connectivity index (χ2n) is 4.76. The number of aliphatic carboxylic acids is 1. The number of anilines is 1. The normalized spacial score (nSPS) is 12.1. The van der Waals surface area contributed by atoms with Gasteiger partial charge >= 0.3 is 12.0 Å². The molecule has 0 heterocycles. The van der Waals surface area contributed by atoms with Crippen molar-refractivity contribution in [3.05, 3.63) is 26.6 Å². The fraction of sp³-hybridized carbons (Fsp3) is 0.385. The van der Waals surface area contributed by atoms with Crippen molar-refractivity contribution in [3.63, 3.8) is 0 Å². The molecule has 0 radical (unpaired) electrons. The van der Waals surface area contributed by atoms with Crippen molar-refractivity contribution in [2.45, 2.75) is 26.8 Å². The maximum absolute atomic E-state index is 11.9. The number of urea groups is 1. The van der Waals surface area contributed by atoms with E-state index in [0.29, 0.717) is 5.69 Å². The first-order chi connectivity index (χ1) is 9.22. The quantitative estimate of drug-likeness (QED) is 0.711. The van der Waals surface area contributed by atoms with Gasteiger partial charge in [-0.1, -0.05) is 13.8 Å². The van der Waals surface area contributed by atoms with Crippen LogP contribution in [-0.2, 0) is 4.79 Å². The second kappa shape index (κ2) is 7.08. The minimum atomic E-state index is -1.06. The van der Waals surface area contributed by atoms with Crippen LogP contribution in [0.15, 0.2) is 21.1 Å². The second-order valence-corrected chi connectivity index (χ2v) is 6.47. The average Bonchev–Trinajstić information content (AvgIpc) is 2.29. The van der Waals surface area contributed by atoms with Crippen LogP contribution < -0.4 is 10.6 Å². The van der Waals surface area contributed by atoms with E-state index < -0.39 is 18.0 Å².